The van der Waals surface area contributed by atoms with Crippen LogP contribution in [-0.2, 0) is 22.0 Å². The fourth-order valence-electron chi connectivity index (χ4n) is 7.83. The molecular weight excluding hydrogens is 709 g/mol. The van der Waals surface area contributed by atoms with Crippen LogP contribution in [0.25, 0.3) is 33.4 Å². The maximum Gasteiger partial charge on any atom is 1.00 e. The molecule has 1 atom stereocenters. The third-order valence-electron chi connectivity index (χ3n) is 10.5. The van der Waals surface area contributed by atoms with Crippen LogP contribution in [0.4, 0.5) is 0 Å². The number of fused-ring (bicyclic) bond motifs is 3. The van der Waals surface area contributed by atoms with Crippen LogP contribution in [-0.4, -0.2) is 31.9 Å². The van der Waals surface area contributed by atoms with Crippen molar-refractivity contribution in [2.24, 2.45) is 5.73 Å². The molecule has 1 aliphatic carbocycles. The predicted molar refractivity (Wildman–Crippen MR) is 214 cm³/mol. The summed E-state index contributed by atoms with van der Waals surface area (Å²) in [6.45, 7) is 9.70. The molecule has 0 amide bonds. The van der Waals surface area contributed by atoms with Gasteiger partial charge in [0.1, 0.15) is 5.75 Å². The Kier molecular flexibility index (Phi) is 16.7. The Labute approximate surface area is 367 Å². The zero-order valence-corrected chi connectivity index (χ0v) is 37.4. The van der Waals surface area contributed by atoms with Crippen LogP contribution in [0.2, 0.25) is 0 Å². The first kappa shape index (κ1) is 44.5. The van der Waals surface area contributed by atoms with Crippen LogP contribution in [0.5, 0.6) is 5.75 Å². The van der Waals surface area contributed by atoms with Crippen LogP contribution in [0, 0.1) is 20.8 Å². The molecule has 2 N–H and O–H groups in total. The molecule has 1 aliphatic rings. The quantitative estimate of drug-likeness (QED) is 0.0660. The second kappa shape index (κ2) is 20.3. The zero-order chi connectivity index (χ0) is 36.7. The van der Waals surface area contributed by atoms with Crippen LogP contribution >= 0.6 is 0 Å². The summed E-state index contributed by atoms with van der Waals surface area (Å²) in [6, 6.07) is 37.6. The average molecular weight is 760 g/mol. The Morgan fingerprint density at radius 1 is 0.648 bits per heavy atom. The molecule has 5 nitrogen and oxygen atoms in total. The van der Waals surface area contributed by atoms with Crippen LogP contribution < -0.4 is 69.6 Å². The number of unbranched alkanes of at least 4 members (excludes halogenated alkanes) is 3. The number of aryl methyl sites for hydroxylation is 2. The van der Waals surface area contributed by atoms with Crippen molar-refractivity contribution >= 4 is 10.1 Å². The Morgan fingerprint density at radius 3 is 1.94 bits per heavy atom. The molecule has 6 rings (SSSR count). The van der Waals surface area contributed by atoms with Gasteiger partial charge < -0.3 is 21.9 Å². The Hall–Kier alpha value is -2.23. The van der Waals surface area contributed by atoms with Gasteiger partial charge in [0, 0.05) is 11.2 Å². The van der Waals surface area contributed by atoms with Gasteiger partial charge in [0.15, 0.2) is 0 Å². The van der Waals surface area contributed by atoms with Crippen LogP contribution in [0.3, 0.4) is 0 Å². The van der Waals surface area contributed by atoms with Crippen molar-refractivity contribution in [2.75, 3.05) is 18.9 Å². The van der Waals surface area contributed by atoms with Crippen LogP contribution in [0.1, 0.15) is 84.7 Å². The van der Waals surface area contributed by atoms with Gasteiger partial charge in [-0.15, -0.1) is 0 Å². The smallest absolute Gasteiger partial charge is 0.748 e. The van der Waals surface area contributed by atoms with E-state index >= 15 is 0 Å². The van der Waals surface area contributed by atoms with Crippen molar-refractivity contribution in [3.63, 3.8) is 0 Å². The van der Waals surface area contributed by atoms with E-state index in [0.29, 0.717) is 26.0 Å². The van der Waals surface area contributed by atoms with E-state index in [2.05, 4.69) is 124 Å². The van der Waals surface area contributed by atoms with E-state index in [9.17, 15) is 13.0 Å². The molecule has 0 radical (unpaired) electrons. The third kappa shape index (κ3) is 11.0. The number of rotatable bonds is 17. The molecule has 0 heterocycles. The SMILES string of the molecule is [CH2-]CCCC1(CCCCS(=O)(=O)[O-])c2cc(C)ccc2-c2ccc(-c3ccc(Cc4cc(OCCCCN)cc(-c5ccc(C)cc5)c4)cc3)cc21.[Na+].[Na+]. The molecule has 0 saturated carbocycles. The molecule has 5 aromatic rings. The van der Waals surface area contributed by atoms with E-state index in [-0.39, 0.29) is 70.3 Å². The molecule has 1 unspecified atom stereocenters. The molecule has 0 bridgehead atoms. The summed E-state index contributed by atoms with van der Waals surface area (Å²) in [5.41, 5.74) is 20.0. The minimum atomic E-state index is -4.25. The summed E-state index contributed by atoms with van der Waals surface area (Å²) in [6.07, 6.45) is 7.18. The molecule has 0 fully saturated rings. The maximum atomic E-state index is 11.4. The molecule has 0 spiro atoms. The second-order valence-electron chi connectivity index (χ2n) is 14.5. The molecule has 0 saturated heterocycles. The predicted octanol–water partition coefficient (Wildman–Crippen LogP) is 4.34. The van der Waals surface area contributed by atoms with Crippen molar-refractivity contribution < 1.29 is 76.8 Å². The maximum absolute atomic E-state index is 11.4. The first-order valence-electron chi connectivity index (χ1n) is 18.7. The van der Waals surface area contributed by atoms with Crippen molar-refractivity contribution in [2.45, 2.75) is 77.0 Å². The van der Waals surface area contributed by atoms with Gasteiger partial charge in [0.05, 0.1) is 16.7 Å². The Bertz CT molecular complexity index is 2100. The van der Waals surface area contributed by atoms with E-state index < -0.39 is 10.1 Å². The fourth-order valence-corrected chi connectivity index (χ4v) is 8.39. The number of benzene rings is 5. The molecule has 272 valence electrons. The largest absolute Gasteiger partial charge is 1.00 e. The first-order chi connectivity index (χ1) is 25.1. The molecule has 0 aromatic heterocycles. The van der Waals surface area contributed by atoms with Gasteiger partial charge in [-0.1, -0.05) is 109 Å². The van der Waals surface area contributed by atoms with E-state index in [1.807, 2.05) is 0 Å². The van der Waals surface area contributed by atoms with Gasteiger partial charge in [-0.25, -0.2) is 8.42 Å². The van der Waals surface area contributed by atoms with Crippen LogP contribution in [0.15, 0.2) is 103 Å². The molecule has 54 heavy (non-hydrogen) atoms. The molecule has 8 heteroatoms. The number of ether oxygens (including phenoxy) is 1. The second-order valence-corrected chi connectivity index (χ2v) is 16.0. The van der Waals surface area contributed by atoms with Crippen molar-refractivity contribution in [3.05, 3.63) is 143 Å². The summed E-state index contributed by atoms with van der Waals surface area (Å²) >= 11 is 0. The van der Waals surface area contributed by atoms with Gasteiger partial charge in [0.2, 0.25) is 0 Å². The number of hydrogen-bond acceptors (Lipinski definition) is 5. The topological polar surface area (TPSA) is 92.5 Å². The van der Waals surface area contributed by atoms with Gasteiger partial charge in [-0.05, 0) is 133 Å². The Balaban J connectivity index is 0.00000325. The van der Waals surface area contributed by atoms with Crippen molar-refractivity contribution in [1.82, 2.24) is 0 Å². The minimum Gasteiger partial charge on any atom is -0.748 e. The van der Waals surface area contributed by atoms with E-state index in [1.165, 1.54) is 50.1 Å². The van der Waals surface area contributed by atoms with Gasteiger partial charge in [0.25, 0.3) is 0 Å². The number of nitrogens with two attached hydrogens (primary N) is 1. The third-order valence-corrected chi connectivity index (χ3v) is 11.3. The standard InChI is InChI=1S/C46H52NO4S.2Na/c1-4-5-22-46(23-6-9-26-52(48,49)50)44-27-34(3)12-20-42(44)43-21-19-39(32-45(43)46)37-17-13-35(14-18-37)28-36-29-40(38-15-10-33(2)11-16-38)31-41(30-36)51-25-8-7-24-47;;/h10-21,27,29-32H,1,4-9,22-26,28,47H2,2-3H3,(H,48,49,50);;/q-1;2*+1/p-1. The van der Waals surface area contributed by atoms with E-state index in [1.54, 1.807) is 0 Å². The summed E-state index contributed by atoms with van der Waals surface area (Å²) in [7, 11) is -4.25. The molecule has 0 aliphatic heterocycles. The summed E-state index contributed by atoms with van der Waals surface area (Å²) in [5, 5.41) is 0. The Morgan fingerprint density at radius 2 is 1.26 bits per heavy atom. The molecule has 5 aromatic carbocycles. The van der Waals surface area contributed by atoms with Gasteiger partial charge in [-0.2, -0.15) is 6.42 Å². The van der Waals surface area contributed by atoms with Gasteiger partial charge >= 0.3 is 59.1 Å². The molecular formula is C46H51NNa2O4S. The number of hydrogen-bond donors (Lipinski definition) is 1. The average Bonchev–Trinajstić information content (AvgIpc) is 3.39. The van der Waals surface area contributed by atoms with Crippen molar-refractivity contribution in [1.29, 1.82) is 0 Å². The van der Waals surface area contributed by atoms with Crippen molar-refractivity contribution in [3.8, 4) is 39.1 Å². The first-order valence-corrected chi connectivity index (χ1v) is 20.3. The fraction of sp³-hybridized carbons (Fsp3) is 0.326. The van der Waals surface area contributed by atoms with E-state index in [4.69, 9.17) is 10.5 Å². The summed E-state index contributed by atoms with van der Waals surface area (Å²) in [4.78, 5) is 0. The zero-order valence-electron chi connectivity index (χ0n) is 32.6. The summed E-state index contributed by atoms with van der Waals surface area (Å²) < 4.78 is 40.5. The van der Waals surface area contributed by atoms with Gasteiger partial charge in [-0.3, -0.25) is 0 Å². The monoisotopic (exact) mass is 759 g/mol. The summed E-state index contributed by atoms with van der Waals surface area (Å²) in [5.74, 6) is 0.561. The minimum absolute atomic E-state index is 0. The van der Waals surface area contributed by atoms with E-state index in [0.717, 1.165) is 67.4 Å². The normalized spacial score (nSPS) is 14.5.